The molecule has 1 aromatic heterocycles. The van der Waals surface area contributed by atoms with Crippen LogP contribution in [0, 0.1) is 11.6 Å². The van der Waals surface area contributed by atoms with Crippen LogP contribution in [0.1, 0.15) is 29.8 Å². The first-order valence-corrected chi connectivity index (χ1v) is 11.1. The number of nitrogens with zero attached hydrogens (tertiary/aromatic N) is 3. The number of carbonyl (C=O) groups is 2. The number of carbonyl (C=O) groups excluding carboxylic acids is 2. The van der Waals surface area contributed by atoms with Crippen LogP contribution in [0.25, 0.3) is 17.0 Å². The summed E-state index contributed by atoms with van der Waals surface area (Å²) in [6.45, 7) is 5.84. The molecule has 0 unspecified atom stereocenters. The molecule has 1 amide bonds. The van der Waals surface area contributed by atoms with Crippen LogP contribution in [-0.2, 0) is 11.3 Å². The Bertz CT molecular complexity index is 1340. The Morgan fingerprint density at radius 3 is 2.32 bits per heavy atom. The van der Waals surface area contributed by atoms with Crippen LogP contribution in [0.3, 0.4) is 0 Å². The van der Waals surface area contributed by atoms with Gasteiger partial charge in [-0.2, -0.15) is 0 Å². The Morgan fingerprint density at radius 2 is 1.71 bits per heavy atom. The van der Waals surface area contributed by atoms with Gasteiger partial charge in [-0.3, -0.25) is 14.4 Å². The number of hydrogen-bond acceptors (Lipinski definition) is 4. The number of pyridine rings is 1. The number of amides is 1. The fourth-order valence-corrected chi connectivity index (χ4v) is 4.18. The highest BCUT2D eigenvalue weighted by atomic mass is 19.1. The monoisotopic (exact) mass is 465 g/mol. The van der Waals surface area contributed by atoms with Gasteiger partial charge in [-0.25, -0.2) is 8.78 Å². The minimum absolute atomic E-state index is 0.0101. The third-order valence-electron chi connectivity index (χ3n) is 6.12. The molecule has 4 rings (SSSR count). The molecule has 1 aliphatic heterocycles. The van der Waals surface area contributed by atoms with Gasteiger partial charge >= 0.3 is 0 Å². The van der Waals surface area contributed by atoms with Gasteiger partial charge in [-0.1, -0.05) is 18.2 Å². The molecule has 1 aliphatic rings. The molecule has 0 spiro atoms. The number of piperazine rings is 1. The normalized spacial score (nSPS) is 14.2. The predicted octanol–water partition coefficient (Wildman–Crippen LogP) is 3.86. The standard InChI is InChI=1S/C26H25F2N3O3/c1-3-29-16-21(25(33)9-6-18-4-7-19(27)8-5-18)26(34)20-14-22(28)24(15-23(20)29)31-12-10-30(11-13-31)17(2)32/h4-9,14-16H,3,10-13H2,1-2H3. The summed E-state index contributed by atoms with van der Waals surface area (Å²) in [5.41, 5.74) is 0.923. The van der Waals surface area contributed by atoms with Crippen molar-refractivity contribution in [3.05, 3.63) is 81.7 Å². The van der Waals surface area contributed by atoms with Crippen molar-refractivity contribution in [2.75, 3.05) is 31.1 Å². The first-order valence-electron chi connectivity index (χ1n) is 11.1. The second kappa shape index (κ2) is 9.59. The number of benzene rings is 2. The maximum atomic E-state index is 15.1. The van der Waals surface area contributed by atoms with Crippen molar-refractivity contribution < 1.29 is 18.4 Å². The van der Waals surface area contributed by atoms with Gasteiger partial charge in [0.05, 0.1) is 16.8 Å². The van der Waals surface area contributed by atoms with Crippen LogP contribution >= 0.6 is 0 Å². The summed E-state index contributed by atoms with van der Waals surface area (Å²) >= 11 is 0. The highest BCUT2D eigenvalue weighted by molar-refractivity contribution is 6.08. The van der Waals surface area contributed by atoms with Crippen LogP contribution in [-0.4, -0.2) is 47.3 Å². The van der Waals surface area contributed by atoms with E-state index in [9.17, 15) is 18.8 Å². The van der Waals surface area contributed by atoms with E-state index in [4.69, 9.17) is 0 Å². The van der Waals surface area contributed by atoms with Crippen LogP contribution in [0.4, 0.5) is 14.5 Å². The maximum Gasteiger partial charge on any atom is 0.219 e. The summed E-state index contributed by atoms with van der Waals surface area (Å²) in [5.74, 6) is -1.45. The van der Waals surface area contributed by atoms with E-state index in [1.165, 1.54) is 55.6 Å². The number of aromatic nitrogens is 1. The van der Waals surface area contributed by atoms with E-state index in [1.807, 2.05) is 11.8 Å². The van der Waals surface area contributed by atoms with E-state index in [0.717, 1.165) is 0 Å². The molecule has 0 N–H and O–H groups in total. The summed E-state index contributed by atoms with van der Waals surface area (Å²) < 4.78 is 29.9. The summed E-state index contributed by atoms with van der Waals surface area (Å²) in [7, 11) is 0. The van der Waals surface area contributed by atoms with Crippen molar-refractivity contribution in [1.29, 1.82) is 0 Å². The Hall–Kier alpha value is -3.81. The lowest BCUT2D eigenvalue weighted by atomic mass is 10.1. The van der Waals surface area contributed by atoms with Crippen molar-refractivity contribution in [1.82, 2.24) is 9.47 Å². The summed E-state index contributed by atoms with van der Waals surface area (Å²) in [6, 6.07) is 8.45. The third-order valence-corrected chi connectivity index (χ3v) is 6.12. The number of anilines is 1. The van der Waals surface area contributed by atoms with Crippen LogP contribution in [0.15, 0.2) is 53.5 Å². The number of hydrogen-bond donors (Lipinski definition) is 0. The lowest BCUT2D eigenvalue weighted by Gasteiger charge is -2.36. The molecule has 3 aromatic rings. The molecule has 176 valence electrons. The Kier molecular flexibility index (Phi) is 6.58. The Balaban J connectivity index is 1.69. The molecule has 1 fully saturated rings. The fourth-order valence-electron chi connectivity index (χ4n) is 4.18. The van der Waals surface area contributed by atoms with Crippen molar-refractivity contribution in [2.24, 2.45) is 0 Å². The van der Waals surface area contributed by atoms with Crippen LogP contribution in [0.5, 0.6) is 0 Å². The zero-order valence-electron chi connectivity index (χ0n) is 19.1. The highest BCUT2D eigenvalue weighted by Crippen LogP contribution is 2.26. The molecule has 6 nitrogen and oxygen atoms in total. The molecule has 2 heterocycles. The van der Waals surface area contributed by atoms with Crippen LogP contribution in [0.2, 0.25) is 0 Å². The van der Waals surface area contributed by atoms with Gasteiger partial charge < -0.3 is 14.4 Å². The number of ketones is 1. The number of rotatable bonds is 5. The van der Waals surface area contributed by atoms with Gasteiger partial charge in [0, 0.05) is 51.2 Å². The summed E-state index contributed by atoms with van der Waals surface area (Å²) in [5, 5.41) is 0.131. The van der Waals surface area contributed by atoms with E-state index in [2.05, 4.69) is 0 Å². The van der Waals surface area contributed by atoms with Gasteiger partial charge in [0.2, 0.25) is 11.3 Å². The van der Waals surface area contributed by atoms with Gasteiger partial charge in [0.25, 0.3) is 0 Å². The van der Waals surface area contributed by atoms with E-state index in [1.54, 1.807) is 15.5 Å². The summed E-state index contributed by atoms with van der Waals surface area (Å²) in [6.07, 6.45) is 4.26. The topological polar surface area (TPSA) is 62.6 Å². The lowest BCUT2D eigenvalue weighted by Crippen LogP contribution is -2.48. The molecule has 8 heteroatoms. The largest absolute Gasteiger partial charge is 0.366 e. The smallest absolute Gasteiger partial charge is 0.219 e. The minimum Gasteiger partial charge on any atom is -0.366 e. The van der Waals surface area contributed by atoms with Gasteiger partial charge in [-0.05, 0) is 42.8 Å². The molecule has 0 aliphatic carbocycles. The maximum absolute atomic E-state index is 15.1. The van der Waals surface area contributed by atoms with Crippen molar-refractivity contribution in [3.8, 4) is 0 Å². The zero-order chi connectivity index (χ0) is 24.4. The first-order chi connectivity index (χ1) is 16.3. The molecule has 1 saturated heterocycles. The third kappa shape index (κ3) is 4.62. The molecule has 0 bridgehead atoms. The minimum atomic E-state index is -0.546. The van der Waals surface area contributed by atoms with E-state index in [-0.39, 0.29) is 22.7 Å². The predicted molar refractivity (Wildman–Crippen MR) is 128 cm³/mol. The van der Waals surface area contributed by atoms with Crippen molar-refractivity contribution >= 4 is 34.4 Å². The average molecular weight is 466 g/mol. The molecule has 2 aromatic carbocycles. The quantitative estimate of drug-likeness (QED) is 0.424. The molecule has 0 saturated carbocycles. The number of allylic oxidation sites excluding steroid dienone is 1. The number of aryl methyl sites for hydroxylation is 1. The number of halogens is 2. The van der Waals surface area contributed by atoms with E-state index in [0.29, 0.717) is 49.5 Å². The van der Waals surface area contributed by atoms with Gasteiger partial charge in [0.1, 0.15) is 11.6 Å². The van der Waals surface area contributed by atoms with Gasteiger partial charge in [-0.15, -0.1) is 0 Å². The fraction of sp³-hybridized carbons (Fsp3) is 0.269. The Labute approximate surface area is 195 Å². The van der Waals surface area contributed by atoms with Crippen LogP contribution < -0.4 is 10.3 Å². The molecule has 0 radical (unpaired) electrons. The second-order valence-corrected chi connectivity index (χ2v) is 8.22. The van der Waals surface area contributed by atoms with Crippen molar-refractivity contribution in [2.45, 2.75) is 20.4 Å². The Morgan fingerprint density at radius 1 is 1.03 bits per heavy atom. The average Bonchev–Trinajstić information content (AvgIpc) is 2.84. The lowest BCUT2D eigenvalue weighted by molar-refractivity contribution is -0.129. The second-order valence-electron chi connectivity index (χ2n) is 8.22. The number of fused-ring (bicyclic) bond motifs is 1. The molecular weight excluding hydrogens is 440 g/mol. The molecule has 34 heavy (non-hydrogen) atoms. The molecule has 0 atom stereocenters. The zero-order valence-corrected chi connectivity index (χ0v) is 19.1. The van der Waals surface area contributed by atoms with Crippen molar-refractivity contribution in [3.63, 3.8) is 0 Å². The molecular formula is C26H25F2N3O3. The summed E-state index contributed by atoms with van der Waals surface area (Å²) in [4.78, 5) is 41.1. The first kappa shape index (κ1) is 23.4. The highest BCUT2D eigenvalue weighted by Gasteiger charge is 2.23. The van der Waals surface area contributed by atoms with E-state index >= 15 is 4.39 Å². The van der Waals surface area contributed by atoms with E-state index < -0.39 is 17.0 Å². The SMILES string of the molecule is CCn1cc(C(=O)C=Cc2ccc(F)cc2)c(=O)c2cc(F)c(N3CCN(C(C)=O)CC3)cc21. The van der Waals surface area contributed by atoms with Gasteiger partial charge in [0.15, 0.2) is 5.78 Å².